The molecule has 1 N–H and O–H groups in total. The summed E-state index contributed by atoms with van der Waals surface area (Å²) < 4.78 is 8.32. The predicted molar refractivity (Wildman–Crippen MR) is 139 cm³/mol. The molecular formula is C25H25N5O2S2. The van der Waals surface area contributed by atoms with E-state index in [0.29, 0.717) is 16.7 Å². The highest BCUT2D eigenvalue weighted by Gasteiger charge is 2.23. The number of ether oxygens (including phenoxy) is 1. The molecule has 174 valence electrons. The lowest BCUT2D eigenvalue weighted by Gasteiger charge is -2.14. The van der Waals surface area contributed by atoms with E-state index < -0.39 is 0 Å². The van der Waals surface area contributed by atoms with Gasteiger partial charge < -0.3 is 10.1 Å². The lowest BCUT2D eigenvalue weighted by molar-refractivity contribution is -0.115. The van der Waals surface area contributed by atoms with Gasteiger partial charge in [0.2, 0.25) is 5.91 Å². The summed E-state index contributed by atoms with van der Waals surface area (Å²) in [4.78, 5) is 17.7. The van der Waals surface area contributed by atoms with Gasteiger partial charge >= 0.3 is 0 Å². The standard InChI is InChI=1S/C25H25N5O2S2/c1-6-19(23(31)27-24-26-18-8-7-16(32-5)12-20(18)33-24)34-25-29-28-21-11-14(3)17-10-13(2)9-15(4)22(17)30(21)25/h7-12,19H,6H2,1-5H3,(H,26,27,31). The second-order valence-corrected chi connectivity index (χ2v) is 10.5. The number of thiazole rings is 1. The molecule has 2 aromatic carbocycles. The Morgan fingerprint density at radius 1 is 1.15 bits per heavy atom. The van der Waals surface area contributed by atoms with Gasteiger partial charge in [0.05, 0.1) is 28.1 Å². The van der Waals surface area contributed by atoms with Gasteiger partial charge in [-0.2, -0.15) is 0 Å². The van der Waals surface area contributed by atoms with Gasteiger partial charge in [0.25, 0.3) is 0 Å². The molecule has 0 aliphatic heterocycles. The van der Waals surface area contributed by atoms with Crippen LogP contribution in [0.1, 0.15) is 30.0 Å². The van der Waals surface area contributed by atoms with Crippen molar-refractivity contribution in [2.45, 2.75) is 44.5 Å². The molecular weight excluding hydrogens is 466 g/mol. The van der Waals surface area contributed by atoms with Crippen molar-refractivity contribution in [1.29, 1.82) is 0 Å². The highest BCUT2D eigenvalue weighted by molar-refractivity contribution is 8.00. The Balaban J connectivity index is 1.46. The normalized spacial score (nSPS) is 12.5. The number of thioether (sulfide) groups is 1. The van der Waals surface area contributed by atoms with E-state index in [9.17, 15) is 4.79 Å². The van der Waals surface area contributed by atoms with E-state index in [2.05, 4.69) is 63.9 Å². The number of nitrogens with zero attached hydrogens (tertiary/aromatic N) is 4. The molecule has 0 bridgehead atoms. The molecule has 9 heteroatoms. The Hall–Kier alpha value is -3.17. The van der Waals surface area contributed by atoms with Gasteiger partial charge in [-0.05, 0) is 68.7 Å². The van der Waals surface area contributed by atoms with Crippen LogP contribution >= 0.6 is 23.1 Å². The average Bonchev–Trinajstić information content (AvgIpc) is 3.39. The van der Waals surface area contributed by atoms with Crippen molar-refractivity contribution >= 4 is 60.9 Å². The molecule has 34 heavy (non-hydrogen) atoms. The monoisotopic (exact) mass is 491 g/mol. The van der Waals surface area contributed by atoms with Gasteiger partial charge in [-0.15, -0.1) is 10.2 Å². The first-order chi connectivity index (χ1) is 16.4. The first-order valence-electron chi connectivity index (χ1n) is 11.1. The third-order valence-corrected chi connectivity index (χ3v) is 8.07. The molecule has 0 spiro atoms. The van der Waals surface area contributed by atoms with Crippen LogP contribution in [0.25, 0.3) is 26.8 Å². The molecule has 0 radical (unpaired) electrons. The SMILES string of the molecule is CCC(Sc1nnc2cc(C)c3cc(C)cc(C)c3n12)C(=O)Nc1nc2ccc(OC)cc2s1. The average molecular weight is 492 g/mol. The number of aromatic nitrogens is 4. The summed E-state index contributed by atoms with van der Waals surface area (Å²) in [5.41, 5.74) is 6.24. The van der Waals surface area contributed by atoms with Crippen molar-refractivity contribution in [3.63, 3.8) is 0 Å². The van der Waals surface area contributed by atoms with Crippen LogP contribution in [0.3, 0.4) is 0 Å². The summed E-state index contributed by atoms with van der Waals surface area (Å²) in [7, 11) is 1.63. The second-order valence-electron chi connectivity index (χ2n) is 8.34. The number of carbonyl (C=O) groups is 1. The summed E-state index contributed by atoms with van der Waals surface area (Å²) in [6, 6.07) is 12.1. The second kappa shape index (κ2) is 8.88. The third-order valence-electron chi connectivity index (χ3n) is 5.83. The first kappa shape index (κ1) is 22.6. The van der Waals surface area contributed by atoms with Gasteiger partial charge in [-0.25, -0.2) is 4.98 Å². The number of amides is 1. The number of benzene rings is 2. The molecule has 1 unspecified atom stereocenters. The summed E-state index contributed by atoms with van der Waals surface area (Å²) in [5, 5.41) is 14.0. The number of hydrogen-bond donors (Lipinski definition) is 1. The van der Waals surface area contributed by atoms with Crippen molar-refractivity contribution in [2.75, 3.05) is 12.4 Å². The molecule has 1 amide bonds. The quantitative estimate of drug-likeness (QED) is 0.296. The molecule has 3 heterocycles. The van der Waals surface area contributed by atoms with Crippen LogP contribution in [-0.2, 0) is 4.79 Å². The number of aryl methyl sites for hydroxylation is 3. The molecule has 0 saturated carbocycles. The molecule has 3 aromatic heterocycles. The minimum atomic E-state index is -0.337. The first-order valence-corrected chi connectivity index (χ1v) is 12.8. The number of fused-ring (bicyclic) bond motifs is 4. The van der Waals surface area contributed by atoms with Crippen LogP contribution in [0.5, 0.6) is 5.75 Å². The van der Waals surface area contributed by atoms with Crippen LogP contribution < -0.4 is 10.1 Å². The molecule has 0 aliphatic carbocycles. The maximum absolute atomic E-state index is 13.2. The molecule has 7 nitrogen and oxygen atoms in total. The van der Waals surface area contributed by atoms with Crippen LogP contribution in [0.4, 0.5) is 5.13 Å². The number of anilines is 1. The Bertz CT molecular complexity index is 1560. The Kier molecular flexibility index (Phi) is 5.91. The summed E-state index contributed by atoms with van der Waals surface area (Å²) in [6.07, 6.45) is 0.645. The van der Waals surface area contributed by atoms with E-state index in [1.165, 1.54) is 34.0 Å². The zero-order valence-electron chi connectivity index (χ0n) is 19.7. The Labute approximate surface area is 205 Å². The third kappa shape index (κ3) is 3.99. The maximum Gasteiger partial charge on any atom is 0.239 e. The number of nitrogens with one attached hydrogen (secondary N) is 1. The van der Waals surface area contributed by atoms with E-state index in [1.54, 1.807) is 7.11 Å². The fraction of sp³-hybridized carbons (Fsp3) is 0.280. The van der Waals surface area contributed by atoms with Gasteiger partial charge in [0.1, 0.15) is 5.75 Å². The van der Waals surface area contributed by atoms with Crippen LogP contribution in [-0.4, -0.2) is 37.8 Å². The van der Waals surface area contributed by atoms with E-state index in [-0.39, 0.29) is 11.2 Å². The van der Waals surface area contributed by atoms with Crippen molar-refractivity contribution in [3.05, 3.63) is 53.1 Å². The van der Waals surface area contributed by atoms with E-state index in [1.807, 2.05) is 25.1 Å². The summed E-state index contributed by atoms with van der Waals surface area (Å²) in [5.74, 6) is 0.668. The zero-order valence-corrected chi connectivity index (χ0v) is 21.3. The Morgan fingerprint density at radius 3 is 2.74 bits per heavy atom. The molecule has 0 aliphatic rings. The molecule has 0 fully saturated rings. The number of pyridine rings is 1. The molecule has 5 aromatic rings. The van der Waals surface area contributed by atoms with Crippen molar-refractivity contribution in [1.82, 2.24) is 19.6 Å². The van der Waals surface area contributed by atoms with Crippen LogP contribution in [0.15, 0.2) is 41.6 Å². The van der Waals surface area contributed by atoms with Crippen molar-refractivity contribution in [2.24, 2.45) is 0 Å². The smallest absolute Gasteiger partial charge is 0.239 e. The van der Waals surface area contributed by atoms with E-state index in [4.69, 9.17) is 4.74 Å². The van der Waals surface area contributed by atoms with Crippen LogP contribution in [0, 0.1) is 20.8 Å². The summed E-state index contributed by atoms with van der Waals surface area (Å²) >= 11 is 2.87. The van der Waals surface area contributed by atoms with Gasteiger partial charge in [0.15, 0.2) is 15.9 Å². The molecule has 0 saturated heterocycles. The predicted octanol–water partition coefficient (Wildman–Crippen LogP) is 5.94. The van der Waals surface area contributed by atoms with Gasteiger partial charge in [-0.1, -0.05) is 41.7 Å². The lowest BCUT2D eigenvalue weighted by Crippen LogP contribution is -2.24. The number of rotatable bonds is 6. The number of hydrogen-bond acceptors (Lipinski definition) is 7. The minimum absolute atomic E-state index is 0.0979. The van der Waals surface area contributed by atoms with Crippen LogP contribution in [0.2, 0.25) is 0 Å². The minimum Gasteiger partial charge on any atom is -0.497 e. The number of methoxy groups -OCH3 is 1. The summed E-state index contributed by atoms with van der Waals surface area (Å²) in [6.45, 7) is 8.31. The molecule has 1 atom stereocenters. The Morgan fingerprint density at radius 2 is 1.97 bits per heavy atom. The number of carbonyl (C=O) groups excluding carboxylic acids is 1. The van der Waals surface area contributed by atoms with Gasteiger partial charge in [-0.3, -0.25) is 9.20 Å². The zero-order chi connectivity index (χ0) is 24.0. The van der Waals surface area contributed by atoms with Crippen molar-refractivity contribution in [3.8, 4) is 5.75 Å². The maximum atomic E-state index is 13.2. The largest absolute Gasteiger partial charge is 0.497 e. The highest BCUT2D eigenvalue weighted by atomic mass is 32.2. The van der Waals surface area contributed by atoms with Crippen molar-refractivity contribution < 1.29 is 9.53 Å². The lowest BCUT2D eigenvalue weighted by atomic mass is 10.0. The van der Waals surface area contributed by atoms with E-state index >= 15 is 0 Å². The highest BCUT2D eigenvalue weighted by Crippen LogP contribution is 2.33. The fourth-order valence-electron chi connectivity index (χ4n) is 4.21. The topological polar surface area (TPSA) is 81.4 Å². The molecule has 5 rings (SSSR count). The fourth-order valence-corrected chi connectivity index (χ4v) is 6.07. The van der Waals surface area contributed by atoms with Gasteiger partial charge in [0, 0.05) is 5.39 Å². The van der Waals surface area contributed by atoms with E-state index in [0.717, 1.165) is 38.3 Å².